The summed E-state index contributed by atoms with van der Waals surface area (Å²) in [7, 11) is 0. The Kier molecular flexibility index (Phi) is 6.59. The summed E-state index contributed by atoms with van der Waals surface area (Å²) in [6.45, 7) is 5.15. The van der Waals surface area contributed by atoms with Gasteiger partial charge in [-0.25, -0.2) is 0 Å². The average molecular weight is 370 g/mol. The van der Waals surface area contributed by atoms with Crippen LogP contribution in [0.3, 0.4) is 0 Å². The van der Waals surface area contributed by atoms with E-state index >= 15 is 0 Å². The highest BCUT2D eigenvalue weighted by Gasteiger charge is 2.33. The van der Waals surface area contributed by atoms with Gasteiger partial charge in [0.05, 0.1) is 25.0 Å². The van der Waals surface area contributed by atoms with Crippen molar-refractivity contribution in [1.82, 2.24) is 20.1 Å². The van der Waals surface area contributed by atoms with E-state index in [2.05, 4.69) is 15.2 Å². The Morgan fingerprint density at radius 3 is 2.85 bits per heavy atom. The minimum atomic E-state index is -0.460. The first-order valence-electron chi connectivity index (χ1n) is 9.37. The predicted molar refractivity (Wildman–Crippen MR) is 100 cm³/mol. The number of nitrogens with one attached hydrogen (secondary N) is 1. The number of carbonyl (C=O) groups is 2. The van der Waals surface area contributed by atoms with Crippen LogP contribution in [0.5, 0.6) is 0 Å². The second kappa shape index (κ2) is 9.32. The quantitative estimate of drug-likeness (QED) is 0.767. The Balaban J connectivity index is 1.68. The summed E-state index contributed by atoms with van der Waals surface area (Å²) in [5, 5.41) is 2.88. The Hall–Kier alpha value is -2.67. The summed E-state index contributed by atoms with van der Waals surface area (Å²) in [5.41, 5.74) is 2.04. The van der Waals surface area contributed by atoms with Gasteiger partial charge >= 0.3 is 0 Å². The van der Waals surface area contributed by atoms with Gasteiger partial charge in [0, 0.05) is 50.7 Å². The summed E-state index contributed by atoms with van der Waals surface area (Å²) in [5.74, 6) is -0.0913. The molecule has 1 aliphatic heterocycles. The molecule has 0 unspecified atom stereocenters. The predicted octanol–water partition coefficient (Wildman–Crippen LogP) is 1.80. The first kappa shape index (κ1) is 19.1. The molecule has 1 fully saturated rings. The van der Waals surface area contributed by atoms with Crippen LogP contribution < -0.4 is 5.32 Å². The van der Waals surface area contributed by atoms with Crippen LogP contribution in [0.15, 0.2) is 47.5 Å². The van der Waals surface area contributed by atoms with E-state index in [0.29, 0.717) is 32.7 Å². The fraction of sp³-hybridized carbons (Fsp3) is 0.450. The van der Waals surface area contributed by atoms with Crippen molar-refractivity contribution in [1.29, 1.82) is 0 Å². The lowest BCUT2D eigenvalue weighted by molar-refractivity contribution is -0.139. The number of carbonyl (C=O) groups excluding carboxylic acids is 2. The second-order valence-corrected chi connectivity index (χ2v) is 6.78. The van der Waals surface area contributed by atoms with E-state index in [1.54, 1.807) is 24.9 Å². The van der Waals surface area contributed by atoms with E-state index in [9.17, 15) is 9.59 Å². The summed E-state index contributed by atoms with van der Waals surface area (Å²) >= 11 is 0. The molecule has 2 aromatic heterocycles. The van der Waals surface area contributed by atoms with Crippen LogP contribution in [0.4, 0.5) is 0 Å². The highest BCUT2D eigenvalue weighted by Crippen LogP contribution is 2.16. The van der Waals surface area contributed by atoms with Gasteiger partial charge in [0.25, 0.3) is 0 Å². The number of pyridine rings is 1. The van der Waals surface area contributed by atoms with Crippen LogP contribution in [-0.4, -0.2) is 52.3 Å². The van der Waals surface area contributed by atoms with Crippen LogP contribution in [0.1, 0.15) is 30.9 Å². The van der Waals surface area contributed by atoms with E-state index in [0.717, 1.165) is 17.5 Å². The molecule has 7 heteroatoms. The van der Waals surface area contributed by atoms with Gasteiger partial charge in [0.2, 0.25) is 11.8 Å². The van der Waals surface area contributed by atoms with Crippen molar-refractivity contribution in [3.63, 3.8) is 0 Å². The Labute approximate surface area is 159 Å². The molecular formula is C20H26N4O3. The lowest BCUT2D eigenvalue weighted by Crippen LogP contribution is -2.56. The van der Waals surface area contributed by atoms with Gasteiger partial charge in [0.15, 0.2) is 0 Å². The van der Waals surface area contributed by atoms with Crippen LogP contribution in [0.2, 0.25) is 0 Å². The number of hydrogen-bond acceptors (Lipinski definition) is 5. The van der Waals surface area contributed by atoms with E-state index < -0.39 is 6.04 Å². The topological polar surface area (TPSA) is 78.7 Å². The van der Waals surface area contributed by atoms with E-state index in [-0.39, 0.29) is 18.2 Å². The minimum absolute atomic E-state index is 0.00657. The smallest absolute Gasteiger partial charge is 0.237 e. The SMILES string of the molecule is CCCN(Cc1ccncc1)C(=O)C[C@@H]1C(=O)NCCN1Cc1ccoc1. The van der Waals surface area contributed by atoms with Gasteiger partial charge in [-0.05, 0) is 30.2 Å². The largest absolute Gasteiger partial charge is 0.472 e. The van der Waals surface area contributed by atoms with Crippen molar-refractivity contribution in [3.8, 4) is 0 Å². The van der Waals surface area contributed by atoms with Crippen molar-refractivity contribution in [3.05, 3.63) is 54.2 Å². The minimum Gasteiger partial charge on any atom is -0.472 e. The van der Waals surface area contributed by atoms with Crippen LogP contribution in [0.25, 0.3) is 0 Å². The Morgan fingerprint density at radius 2 is 2.15 bits per heavy atom. The van der Waals surface area contributed by atoms with Crippen molar-refractivity contribution in [2.75, 3.05) is 19.6 Å². The molecule has 2 aromatic rings. The fourth-order valence-corrected chi connectivity index (χ4v) is 3.36. The monoisotopic (exact) mass is 370 g/mol. The highest BCUT2D eigenvalue weighted by atomic mass is 16.3. The number of rotatable bonds is 8. The molecule has 27 heavy (non-hydrogen) atoms. The van der Waals surface area contributed by atoms with Gasteiger partial charge in [-0.2, -0.15) is 0 Å². The molecule has 7 nitrogen and oxygen atoms in total. The molecule has 144 valence electrons. The third kappa shape index (κ3) is 5.17. The fourth-order valence-electron chi connectivity index (χ4n) is 3.36. The number of furan rings is 1. The van der Waals surface area contributed by atoms with Gasteiger partial charge < -0.3 is 14.6 Å². The molecule has 2 amide bonds. The molecule has 1 saturated heterocycles. The summed E-state index contributed by atoms with van der Waals surface area (Å²) < 4.78 is 5.13. The molecule has 0 radical (unpaired) electrons. The molecule has 0 aliphatic carbocycles. The van der Waals surface area contributed by atoms with Crippen LogP contribution in [-0.2, 0) is 22.7 Å². The molecule has 0 bridgehead atoms. The number of nitrogens with zero attached hydrogens (tertiary/aromatic N) is 3. The van der Waals surface area contributed by atoms with Crippen LogP contribution in [0, 0.1) is 0 Å². The van der Waals surface area contributed by atoms with Crippen molar-refractivity contribution < 1.29 is 14.0 Å². The lowest BCUT2D eigenvalue weighted by Gasteiger charge is -2.35. The van der Waals surface area contributed by atoms with E-state index in [1.165, 1.54) is 0 Å². The highest BCUT2D eigenvalue weighted by molar-refractivity contribution is 5.88. The molecule has 3 heterocycles. The lowest BCUT2D eigenvalue weighted by atomic mass is 10.1. The Bertz CT molecular complexity index is 733. The Morgan fingerprint density at radius 1 is 1.33 bits per heavy atom. The molecule has 1 atom stereocenters. The molecule has 1 N–H and O–H groups in total. The zero-order valence-electron chi connectivity index (χ0n) is 15.6. The number of hydrogen-bond donors (Lipinski definition) is 1. The molecule has 3 rings (SSSR count). The van der Waals surface area contributed by atoms with E-state index in [4.69, 9.17) is 4.42 Å². The standard InChI is InChI=1S/C20H26N4O3/c1-2-9-24(13-16-3-6-21-7-4-16)19(25)12-18-20(26)22-8-10-23(18)14-17-5-11-27-15-17/h3-7,11,15,18H,2,8-10,12-14H2,1H3,(H,22,26)/t18-/m1/s1. The zero-order chi connectivity index (χ0) is 19.1. The molecule has 0 saturated carbocycles. The number of piperazine rings is 1. The third-order valence-electron chi connectivity index (χ3n) is 4.74. The molecule has 1 aliphatic rings. The van der Waals surface area contributed by atoms with Gasteiger partial charge in [0.1, 0.15) is 0 Å². The molecular weight excluding hydrogens is 344 g/mol. The first-order valence-corrected chi connectivity index (χ1v) is 9.37. The third-order valence-corrected chi connectivity index (χ3v) is 4.74. The number of amides is 2. The van der Waals surface area contributed by atoms with Gasteiger partial charge in [-0.3, -0.25) is 19.5 Å². The maximum Gasteiger partial charge on any atom is 0.237 e. The van der Waals surface area contributed by atoms with Crippen molar-refractivity contribution in [2.45, 2.75) is 38.9 Å². The zero-order valence-corrected chi connectivity index (χ0v) is 15.6. The number of aromatic nitrogens is 1. The summed E-state index contributed by atoms with van der Waals surface area (Å²) in [6, 6.07) is 5.25. The normalized spacial score (nSPS) is 17.5. The molecule has 0 spiro atoms. The van der Waals surface area contributed by atoms with Gasteiger partial charge in [-0.15, -0.1) is 0 Å². The maximum atomic E-state index is 13.0. The average Bonchev–Trinajstić information content (AvgIpc) is 3.18. The van der Waals surface area contributed by atoms with Crippen molar-refractivity contribution in [2.24, 2.45) is 0 Å². The van der Waals surface area contributed by atoms with E-state index in [1.807, 2.05) is 30.0 Å². The summed E-state index contributed by atoms with van der Waals surface area (Å²) in [4.78, 5) is 33.3. The first-order chi connectivity index (χ1) is 13.2. The molecule has 0 aromatic carbocycles. The van der Waals surface area contributed by atoms with Crippen molar-refractivity contribution >= 4 is 11.8 Å². The van der Waals surface area contributed by atoms with Crippen LogP contribution >= 0.6 is 0 Å². The summed E-state index contributed by atoms with van der Waals surface area (Å²) in [6.07, 6.45) is 7.80. The van der Waals surface area contributed by atoms with Gasteiger partial charge in [-0.1, -0.05) is 6.92 Å². The maximum absolute atomic E-state index is 13.0. The second-order valence-electron chi connectivity index (χ2n) is 6.78.